The van der Waals surface area contributed by atoms with E-state index in [1.807, 2.05) is 11.4 Å². The molecule has 0 spiro atoms. The monoisotopic (exact) mass is 278 g/mol. The van der Waals surface area contributed by atoms with Crippen LogP contribution < -0.4 is 5.73 Å². The topological polar surface area (TPSA) is 38.9 Å². The molecule has 0 saturated carbocycles. The van der Waals surface area contributed by atoms with E-state index in [1.165, 1.54) is 17.4 Å². The zero-order valence-corrected chi connectivity index (χ0v) is 12.5. The summed E-state index contributed by atoms with van der Waals surface area (Å²) in [4.78, 5) is 4.58. The highest BCUT2D eigenvalue weighted by atomic mass is 32.1. The van der Waals surface area contributed by atoms with Crippen LogP contribution in [0.5, 0.6) is 0 Å². The molecule has 102 valence electrons. The molecule has 1 aromatic heterocycles. The summed E-state index contributed by atoms with van der Waals surface area (Å²) in [6.07, 6.45) is 0. The molecule has 0 fully saturated rings. The Bertz CT molecular complexity index is 584. The number of nitrogens with zero attached hydrogens (tertiary/aromatic N) is 1. The van der Waals surface area contributed by atoms with Crippen molar-refractivity contribution in [3.63, 3.8) is 0 Å². The van der Waals surface area contributed by atoms with Crippen molar-refractivity contribution < 1.29 is 4.39 Å². The molecule has 1 atom stereocenters. The van der Waals surface area contributed by atoms with Gasteiger partial charge in [-0.15, -0.1) is 11.3 Å². The predicted octanol–water partition coefficient (Wildman–Crippen LogP) is 3.94. The molecule has 0 aliphatic rings. The Hall–Kier alpha value is -1.26. The molecule has 0 aliphatic carbocycles. The summed E-state index contributed by atoms with van der Waals surface area (Å²) < 4.78 is 13.6. The Morgan fingerprint density at radius 1 is 1.32 bits per heavy atom. The fourth-order valence-corrected chi connectivity index (χ4v) is 2.79. The summed E-state index contributed by atoms with van der Waals surface area (Å²) in [5.41, 5.74) is 8.60. The molecular weight excluding hydrogens is 259 g/mol. The van der Waals surface area contributed by atoms with Crippen LogP contribution in [0.3, 0.4) is 0 Å². The van der Waals surface area contributed by atoms with Gasteiger partial charge in [0.1, 0.15) is 10.8 Å². The van der Waals surface area contributed by atoms with Crippen LogP contribution in [-0.4, -0.2) is 4.98 Å². The first-order valence-corrected chi connectivity index (χ1v) is 7.14. The zero-order chi connectivity index (χ0) is 14.2. The maximum Gasteiger partial charge on any atom is 0.126 e. The van der Waals surface area contributed by atoms with Crippen LogP contribution in [0.4, 0.5) is 4.39 Å². The molecule has 0 bridgehead atoms. The second-order valence-electron chi connectivity index (χ2n) is 5.81. The van der Waals surface area contributed by atoms with Gasteiger partial charge in [0, 0.05) is 10.8 Å². The van der Waals surface area contributed by atoms with Crippen LogP contribution in [0, 0.1) is 12.7 Å². The average Bonchev–Trinajstić information content (AvgIpc) is 2.81. The van der Waals surface area contributed by atoms with E-state index in [0.717, 1.165) is 16.3 Å². The van der Waals surface area contributed by atoms with Crippen molar-refractivity contribution in [1.82, 2.24) is 4.98 Å². The van der Waals surface area contributed by atoms with Crippen molar-refractivity contribution in [2.24, 2.45) is 5.73 Å². The zero-order valence-electron chi connectivity index (χ0n) is 11.7. The van der Waals surface area contributed by atoms with Gasteiger partial charge in [0.2, 0.25) is 0 Å². The number of thiazole rings is 1. The lowest BCUT2D eigenvalue weighted by Gasteiger charge is -2.15. The lowest BCUT2D eigenvalue weighted by atomic mass is 9.93. The second-order valence-corrected chi connectivity index (χ2v) is 6.70. The SMILES string of the molecule is Cc1ccc(C(N)c2nc(C(C)(C)C)cs2)cc1F. The summed E-state index contributed by atoms with van der Waals surface area (Å²) in [7, 11) is 0. The quantitative estimate of drug-likeness (QED) is 0.903. The minimum Gasteiger partial charge on any atom is -0.318 e. The highest BCUT2D eigenvalue weighted by molar-refractivity contribution is 7.09. The minimum absolute atomic E-state index is 0.00694. The standard InChI is InChI=1S/C15H19FN2S/c1-9-5-6-10(7-11(9)16)13(17)14-18-12(8-19-14)15(2,3)4/h5-8,13H,17H2,1-4H3. The van der Waals surface area contributed by atoms with Crippen molar-refractivity contribution >= 4 is 11.3 Å². The minimum atomic E-state index is -0.365. The molecule has 1 heterocycles. The number of aromatic nitrogens is 1. The smallest absolute Gasteiger partial charge is 0.126 e. The third kappa shape index (κ3) is 3.01. The third-order valence-electron chi connectivity index (χ3n) is 3.11. The molecule has 0 amide bonds. The van der Waals surface area contributed by atoms with Crippen molar-refractivity contribution in [3.05, 3.63) is 51.2 Å². The van der Waals surface area contributed by atoms with Gasteiger partial charge in [-0.3, -0.25) is 0 Å². The summed E-state index contributed by atoms with van der Waals surface area (Å²) in [6, 6.07) is 4.75. The summed E-state index contributed by atoms with van der Waals surface area (Å²) in [5.74, 6) is -0.222. The van der Waals surface area contributed by atoms with E-state index in [2.05, 4.69) is 25.8 Å². The van der Waals surface area contributed by atoms with Crippen molar-refractivity contribution in [2.75, 3.05) is 0 Å². The molecule has 2 rings (SSSR count). The molecule has 4 heteroatoms. The molecule has 0 aliphatic heterocycles. The maximum absolute atomic E-state index is 13.6. The summed E-state index contributed by atoms with van der Waals surface area (Å²) in [5, 5.41) is 2.85. The number of halogens is 1. The molecular formula is C15H19FN2S. The molecule has 1 unspecified atom stereocenters. The maximum atomic E-state index is 13.6. The molecule has 19 heavy (non-hydrogen) atoms. The second kappa shape index (κ2) is 5.02. The van der Waals surface area contributed by atoms with E-state index in [-0.39, 0.29) is 17.3 Å². The molecule has 2 aromatic rings. The number of rotatable bonds is 2. The predicted molar refractivity (Wildman–Crippen MR) is 78.0 cm³/mol. The lowest BCUT2D eigenvalue weighted by Crippen LogP contribution is -2.15. The number of benzene rings is 1. The first kappa shape index (κ1) is 14.2. The van der Waals surface area contributed by atoms with E-state index >= 15 is 0 Å². The molecule has 0 radical (unpaired) electrons. The van der Waals surface area contributed by atoms with Crippen molar-refractivity contribution in [1.29, 1.82) is 0 Å². The van der Waals surface area contributed by atoms with Crippen molar-refractivity contribution in [2.45, 2.75) is 39.2 Å². The first-order chi connectivity index (χ1) is 8.79. The fourth-order valence-electron chi connectivity index (χ4n) is 1.72. The van der Waals surface area contributed by atoms with Crippen LogP contribution in [0.15, 0.2) is 23.6 Å². The van der Waals surface area contributed by atoms with E-state index in [4.69, 9.17) is 5.73 Å². The van der Waals surface area contributed by atoms with Crippen LogP contribution >= 0.6 is 11.3 Å². The summed E-state index contributed by atoms with van der Waals surface area (Å²) >= 11 is 1.53. The van der Waals surface area contributed by atoms with Crippen LogP contribution in [0.25, 0.3) is 0 Å². The van der Waals surface area contributed by atoms with E-state index in [0.29, 0.717) is 5.56 Å². The molecule has 2 nitrogen and oxygen atoms in total. The highest BCUT2D eigenvalue weighted by Gasteiger charge is 2.20. The van der Waals surface area contributed by atoms with E-state index in [1.54, 1.807) is 13.0 Å². The van der Waals surface area contributed by atoms with E-state index in [9.17, 15) is 4.39 Å². The Morgan fingerprint density at radius 2 is 2.00 bits per heavy atom. The Balaban J connectivity index is 2.31. The van der Waals surface area contributed by atoms with Gasteiger partial charge in [-0.1, -0.05) is 32.9 Å². The lowest BCUT2D eigenvalue weighted by molar-refractivity contribution is 0.569. The largest absolute Gasteiger partial charge is 0.318 e. The van der Waals surface area contributed by atoms with Gasteiger partial charge in [0.15, 0.2) is 0 Å². The number of nitrogens with two attached hydrogens (primary N) is 1. The Morgan fingerprint density at radius 3 is 2.53 bits per heavy atom. The van der Waals surface area contributed by atoms with Crippen molar-refractivity contribution in [3.8, 4) is 0 Å². The number of hydrogen-bond acceptors (Lipinski definition) is 3. The van der Waals surface area contributed by atoms with Crippen LogP contribution in [0.1, 0.15) is 48.6 Å². The van der Waals surface area contributed by atoms with Gasteiger partial charge in [-0.25, -0.2) is 9.37 Å². The first-order valence-electron chi connectivity index (χ1n) is 6.26. The third-order valence-corrected chi connectivity index (χ3v) is 4.04. The van der Waals surface area contributed by atoms with Gasteiger partial charge >= 0.3 is 0 Å². The van der Waals surface area contributed by atoms with Crippen LogP contribution in [-0.2, 0) is 5.41 Å². The number of aryl methyl sites for hydroxylation is 1. The summed E-state index contributed by atoms with van der Waals surface area (Å²) in [6.45, 7) is 8.08. The van der Waals surface area contributed by atoms with Gasteiger partial charge in [0.05, 0.1) is 11.7 Å². The fraction of sp³-hybridized carbons (Fsp3) is 0.400. The van der Waals surface area contributed by atoms with Gasteiger partial charge in [-0.05, 0) is 24.1 Å². The average molecular weight is 278 g/mol. The molecule has 1 aromatic carbocycles. The van der Waals surface area contributed by atoms with E-state index < -0.39 is 0 Å². The van der Waals surface area contributed by atoms with Crippen LogP contribution in [0.2, 0.25) is 0 Å². The Kier molecular flexibility index (Phi) is 3.74. The highest BCUT2D eigenvalue weighted by Crippen LogP contribution is 2.29. The Labute approximate surface area is 117 Å². The number of hydrogen-bond donors (Lipinski definition) is 1. The normalized spacial score (nSPS) is 13.6. The van der Waals surface area contributed by atoms with Gasteiger partial charge < -0.3 is 5.73 Å². The van der Waals surface area contributed by atoms with Gasteiger partial charge in [-0.2, -0.15) is 0 Å². The van der Waals surface area contributed by atoms with Gasteiger partial charge in [0.25, 0.3) is 0 Å². The molecule has 0 saturated heterocycles. The molecule has 2 N–H and O–H groups in total.